The van der Waals surface area contributed by atoms with Crippen molar-refractivity contribution in [3.05, 3.63) is 29.8 Å². The van der Waals surface area contributed by atoms with Crippen LogP contribution < -0.4 is 4.74 Å². The largest absolute Gasteiger partial charge is 0.481 e. The third-order valence-corrected chi connectivity index (χ3v) is 3.81. The van der Waals surface area contributed by atoms with E-state index in [9.17, 15) is 31.5 Å². The molecule has 1 unspecified atom stereocenters. The Bertz CT molecular complexity index is 648. The monoisotopic (exact) mass is 353 g/mol. The predicted octanol–water partition coefficient (Wildman–Crippen LogP) is 2.77. The van der Waals surface area contributed by atoms with E-state index in [1.807, 2.05) is 0 Å². The van der Waals surface area contributed by atoms with Crippen LogP contribution in [0.4, 0.5) is 22.0 Å². The second-order valence-corrected chi connectivity index (χ2v) is 5.27. The lowest BCUT2D eigenvalue weighted by Gasteiger charge is -2.27. The van der Waals surface area contributed by atoms with E-state index in [4.69, 9.17) is 5.11 Å². The van der Waals surface area contributed by atoms with Crippen LogP contribution in [0.5, 0.6) is 5.75 Å². The SMILES string of the molecule is O=C(c1cccc(OC(F)F)c1)N1CCC(C(=O)O)(C(F)(F)F)C1. The van der Waals surface area contributed by atoms with Crippen molar-refractivity contribution in [2.75, 3.05) is 13.1 Å². The number of hydrogen-bond donors (Lipinski definition) is 1. The highest BCUT2D eigenvalue weighted by atomic mass is 19.4. The molecular weight excluding hydrogens is 341 g/mol. The molecule has 10 heteroatoms. The second kappa shape index (κ2) is 6.25. The number of alkyl halides is 5. The zero-order chi connectivity index (χ0) is 18.1. The van der Waals surface area contributed by atoms with Crippen molar-refractivity contribution in [1.82, 2.24) is 4.90 Å². The zero-order valence-electron chi connectivity index (χ0n) is 12.0. The lowest BCUT2D eigenvalue weighted by molar-refractivity contribution is -0.227. The summed E-state index contributed by atoms with van der Waals surface area (Å²) in [7, 11) is 0. The lowest BCUT2D eigenvalue weighted by atomic mass is 9.86. The molecule has 1 heterocycles. The Labute approximate surface area is 132 Å². The molecule has 0 saturated carbocycles. The molecule has 0 aliphatic carbocycles. The Morgan fingerprint density at radius 2 is 1.96 bits per heavy atom. The summed E-state index contributed by atoms with van der Waals surface area (Å²) >= 11 is 0. The van der Waals surface area contributed by atoms with Gasteiger partial charge in [-0.3, -0.25) is 9.59 Å². The maximum Gasteiger partial charge on any atom is 0.406 e. The Morgan fingerprint density at radius 3 is 2.46 bits per heavy atom. The van der Waals surface area contributed by atoms with E-state index in [2.05, 4.69) is 4.74 Å². The molecule has 0 aromatic heterocycles. The molecule has 1 fully saturated rings. The normalized spacial score (nSPS) is 21.2. The van der Waals surface area contributed by atoms with E-state index in [0.717, 1.165) is 17.0 Å². The third kappa shape index (κ3) is 3.26. The number of benzene rings is 1. The fraction of sp³-hybridized carbons (Fsp3) is 0.429. The second-order valence-electron chi connectivity index (χ2n) is 5.27. The molecule has 132 valence electrons. The van der Waals surface area contributed by atoms with Gasteiger partial charge in [0.1, 0.15) is 5.75 Å². The predicted molar refractivity (Wildman–Crippen MR) is 69.7 cm³/mol. The van der Waals surface area contributed by atoms with Crippen LogP contribution in [-0.4, -0.2) is 47.8 Å². The smallest absolute Gasteiger partial charge is 0.406 e. The van der Waals surface area contributed by atoms with Crippen LogP contribution in [0.1, 0.15) is 16.8 Å². The van der Waals surface area contributed by atoms with E-state index in [1.54, 1.807) is 0 Å². The fourth-order valence-corrected chi connectivity index (χ4v) is 2.50. The Morgan fingerprint density at radius 1 is 1.29 bits per heavy atom. The van der Waals surface area contributed by atoms with Crippen molar-refractivity contribution in [3.63, 3.8) is 0 Å². The van der Waals surface area contributed by atoms with E-state index in [1.165, 1.54) is 12.1 Å². The van der Waals surface area contributed by atoms with Gasteiger partial charge in [-0.25, -0.2) is 0 Å². The van der Waals surface area contributed by atoms with E-state index < -0.39 is 49.6 Å². The average molecular weight is 353 g/mol. The first-order valence-electron chi connectivity index (χ1n) is 6.71. The Hall–Kier alpha value is -2.39. The standard InChI is InChI=1S/C14H12F5NO4/c15-12(16)24-9-3-1-2-8(6-9)10(21)20-5-4-13(7-20,11(22)23)14(17,18)19/h1-3,6,12H,4-5,7H2,(H,22,23). The van der Waals surface area contributed by atoms with Crippen molar-refractivity contribution in [2.45, 2.75) is 19.2 Å². The van der Waals surface area contributed by atoms with Crippen LogP contribution in [0.25, 0.3) is 0 Å². The molecule has 1 N–H and O–H groups in total. The maximum absolute atomic E-state index is 13.1. The number of hydrogen-bond acceptors (Lipinski definition) is 3. The third-order valence-electron chi connectivity index (χ3n) is 3.81. The van der Waals surface area contributed by atoms with Gasteiger partial charge in [0.25, 0.3) is 5.91 Å². The minimum absolute atomic E-state index is 0.170. The zero-order valence-corrected chi connectivity index (χ0v) is 12.0. The molecule has 0 radical (unpaired) electrons. The first kappa shape index (κ1) is 18.0. The highest BCUT2D eigenvalue weighted by molar-refractivity contribution is 5.95. The maximum atomic E-state index is 13.1. The minimum atomic E-state index is -5.02. The van der Waals surface area contributed by atoms with E-state index in [0.29, 0.717) is 0 Å². The number of carbonyl (C=O) groups excluding carboxylic acids is 1. The Balaban J connectivity index is 2.22. The molecule has 1 atom stereocenters. The number of carbonyl (C=O) groups is 2. The van der Waals surface area contributed by atoms with E-state index >= 15 is 0 Å². The van der Waals surface area contributed by atoms with Gasteiger partial charge in [-0.2, -0.15) is 22.0 Å². The molecule has 24 heavy (non-hydrogen) atoms. The summed E-state index contributed by atoms with van der Waals surface area (Å²) in [6.07, 6.45) is -5.79. The van der Waals surface area contributed by atoms with Crippen LogP contribution in [0.2, 0.25) is 0 Å². The van der Waals surface area contributed by atoms with Crippen LogP contribution in [-0.2, 0) is 4.79 Å². The average Bonchev–Trinajstić information content (AvgIpc) is 2.92. The summed E-state index contributed by atoms with van der Waals surface area (Å²) in [6, 6.07) is 4.57. The van der Waals surface area contributed by atoms with Crippen LogP contribution in [0.15, 0.2) is 24.3 Å². The number of ether oxygens (including phenoxy) is 1. The van der Waals surface area contributed by atoms with Gasteiger partial charge < -0.3 is 14.7 Å². The van der Waals surface area contributed by atoms with Gasteiger partial charge in [-0.15, -0.1) is 0 Å². The quantitative estimate of drug-likeness (QED) is 0.846. The van der Waals surface area contributed by atoms with Gasteiger partial charge in [0.15, 0.2) is 5.41 Å². The molecule has 1 aromatic rings. The number of halogens is 5. The van der Waals surface area contributed by atoms with Gasteiger partial charge in [-0.05, 0) is 24.6 Å². The molecule has 0 spiro atoms. The lowest BCUT2D eigenvalue weighted by Crippen LogP contribution is -2.47. The molecular formula is C14H12F5NO4. The fourth-order valence-electron chi connectivity index (χ4n) is 2.50. The number of likely N-dealkylation sites (tertiary alicyclic amines) is 1. The first-order chi connectivity index (χ1) is 11.1. The van der Waals surface area contributed by atoms with Crippen molar-refractivity contribution in [2.24, 2.45) is 5.41 Å². The van der Waals surface area contributed by atoms with Gasteiger partial charge in [0, 0.05) is 18.7 Å². The Kier molecular flexibility index (Phi) is 4.68. The summed E-state index contributed by atoms with van der Waals surface area (Å²) in [6.45, 7) is -4.57. The summed E-state index contributed by atoms with van der Waals surface area (Å²) in [5, 5.41) is 8.95. The molecule has 1 aliphatic rings. The van der Waals surface area contributed by atoms with Crippen LogP contribution in [0.3, 0.4) is 0 Å². The molecule has 1 amide bonds. The number of carboxylic acids is 1. The summed E-state index contributed by atoms with van der Waals surface area (Å²) in [5.74, 6) is -3.27. The number of amides is 1. The summed E-state index contributed by atoms with van der Waals surface area (Å²) < 4.78 is 67.7. The van der Waals surface area contributed by atoms with Crippen molar-refractivity contribution in [1.29, 1.82) is 0 Å². The molecule has 1 aromatic carbocycles. The first-order valence-corrected chi connectivity index (χ1v) is 6.71. The molecule has 5 nitrogen and oxygen atoms in total. The number of rotatable bonds is 4. The number of nitrogens with zero attached hydrogens (tertiary/aromatic N) is 1. The summed E-state index contributed by atoms with van der Waals surface area (Å²) in [5.41, 5.74) is -3.20. The van der Waals surface area contributed by atoms with Crippen molar-refractivity contribution < 1.29 is 41.4 Å². The van der Waals surface area contributed by atoms with Gasteiger partial charge in [0.05, 0.1) is 0 Å². The van der Waals surface area contributed by atoms with E-state index in [-0.39, 0.29) is 11.3 Å². The molecule has 0 bridgehead atoms. The minimum Gasteiger partial charge on any atom is -0.481 e. The molecule has 1 aliphatic heterocycles. The van der Waals surface area contributed by atoms with Gasteiger partial charge in [-0.1, -0.05) is 6.07 Å². The van der Waals surface area contributed by atoms with Crippen LogP contribution >= 0.6 is 0 Å². The van der Waals surface area contributed by atoms with Gasteiger partial charge >= 0.3 is 18.8 Å². The van der Waals surface area contributed by atoms with Crippen molar-refractivity contribution in [3.8, 4) is 5.75 Å². The molecule has 1 saturated heterocycles. The highest BCUT2D eigenvalue weighted by Crippen LogP contribution is 2.46. The number of aliphatic carboxylic acids is 1. The van der Waals surface area contributed by atoms with Crippen LogP contribution in [0, 0.1) is 5.41 Å². The topological polar surface area (TPSA) is 66.8 Å². The van der Waals surface area contributed by atoms with Gasteiger partial charge in [0.2, 0.25) is 0 Å². The molecule has 2 rings (SSSR count). The van der Waals surface area contributed by atoms with Crippen molar-refractivity contribution >= 4 is 11.9 Å². The summed E-state index contributed by atoms with van der Waals surface area (Å²) in [4.78, 5) is 24.1. The number of carboxylic acid groups (broad SMARTS) is 1. The highest BCUT2D eigenvalue weighted by Gasteiger charge is 2.64.